The zero-order valence-corrected chi connectivity index (χ0v) is 18.9. The molecule has 1 aliphatic rings. The third kappa shape index (κ3) is 5.04. The Labute approximate surface area is 197 Å². The molecule has 0 saturated heterocycles. The number of benzene rings is 2. The van der Waals surface area contributed by atoms with E-state index in [2.05, 4.69) is 0 Å². The molecule has 174 valence electrons. The first-order valence-corrected chi connectivity index (χ1v) is 10.8. The molecule has 34 heavy (non-hydrogen) atoms. The van der Waals surface area contributed by atoms with Crippen LogP contribution in [0.3, 0.4) is 0 Å². The molecule has 0 fully saturated rings. The first-order chi connectivity index (χ1) is 16.5. The van der Waals surface area contributed by atoms with Gasteiger partial charge in [-0.05, 0) is 44.2 Å². The predicted octanol–water partition coefficient (Wildman–Crippen LogP) is 3.62. The Morgan fingerprint density at radius 3 is 2.62 bits per heavy atom. The second-order valence-electron chi connectivity index (χ2n) is 7.87. The lowest BCUT2D eigenvalue weighted by atomic mass is 10.1. The second-order valence-corrected chi connectivity index (χ2v) is 7.87. The molecule has 2 heterocycles. The van der Waals surface area contributed by atoms with E-state index in [1.165, 1.54) is 0 Å². The number of carbonyl (C=O) groups is 2. The Hall–Kier alpha value is -4.25. The van der Waals surface area contributed by atoms with Crippen molar-refractivity contribution < 1.29 is 28.5 Å². The molecule has 0 saturated carbocycles. The van der Waals surface area contributed by atoms with Crippen LogP contribution in [-0.4, -0.2) is 42.2 Å². The van der Waals surface area contributed by atoms with E-state index < -0.39 is 19.2 Å². The van der Waals surface area contributed by atoms with Crippen LogP contribution in [0.15, 0.2) is 54.6 Å². The number of ketones is 1. The zero-order chi connectivity index (χ0) is 24.1. The van der Waals surface area contributed by atoms with Gasteiger partial charge in [0.25, 0.3) is 0 Å². The first kappa shape index (κ1) is 22.9. The highest BCUT2D eigenvalue weighted by Gasteiger charge is 2.24. The van der Waals surface area contributed by atoms with Gasteiger partial charge in [0.15, 0.2) is 30.8 Å². The van der Waals surface area contributed by atoms with Crippen LogP contribution in [0.4, 0.5) is 0 Å². The van der Waals surface area contributed by atoms with Crippen LogP contribution >= 0.6 is 0 Å². The van der Waals surface area contributed by atoms with E-state index in [1.807, 2.05) is 48.7 Å². The highest BCUT2D eigenvalue weighted by Crippen LogP contribution is 2.31. The minimum Gasteiger partial charge on any atom is -0.486 e. The standard InChI is InChI=1S/C26H24N2O6/c1-17-11-21(18(2)28(17)13-20-14-31-24-9-5-6-10-25(24)34-20)22(29)15-33-26(30)16-32-23-8-4-3-7-19(23)12-27/h3-11,20H,13-16H2,1-2H3. The summed E-state index contributed by atoms with van der Waals surface area (Å²) in [6.07, 6.45) is -0.200. The van der Waals surface area contributed by atoms with Crippen molar-refractivity contribution in [2.45, 2.75) is 26.5 Å². The summed E-state index contributed by atoms with van der Waals surface area (Å²) < 4.78 is 24.3. The van der Waals surface area contributed by atoms with Crippen molar-refractivity contribution >= 4 is 11.8 Å². The van der Waals surface area contributed by atoms with Crippen molar-refractivity contribution in [2.75, 3.05) is 19.8 Å². The highest BCUT2D eigenvalue weighted by molar-refractivity contribution is 5.99. The lowest BCUT2D eigenvalue weighted by molar-refractivity contribution is -0.144. The molecule has 0 spiro atoms. The summed E-state index contributed by atoms with van der Waals surface area (Å²) in [6.45, 7) is 3.89. The number of nitriles is 1. The smallest absolute Gasteiger partial charge is 0.344 e. The number of carbonyl (C=O) groups excluding carboxylic acids is 2. The number of nitrogens with zero attached hydrogens (tertiary/aromatic N) is 2. The lowest BCUT2D eigenvalue weighted by Gasteiger charge is -2.27. The third-order valence-corrected chi connectivity index (χ3v) is 5.55. The summed E-state index contributed by atoms with van der Waals surface area (Å²) in [5, 5.41) is 9.08. The van der Waals surface area contributed by atoms with Crippen molar-refractivity contribution in [1.82, 2.24) is 4.57 Å². The number of rotatable bonds is 8. The Morgan fingerprint density at radius 1 is 1.09 bits per heavy atom. The largest absolute Gasteiger partial charge is 0.486 e. The topological polar surface area (TPSA) is 99.8 Å². The maximum Gasteiger partial charge on any atom is 0.344 e. The molecule has 0 N–H and O–H groups in total. The van der Waals surface area contributed by atoms with Crippen LogP contribution in [0.2, 0.25) is 0 Å². The average Bonchev–Trinajstić information content (AvgIpc) is 3.14. The molecule has 8 heteroatoms. The van der Waals surface area contributed by atoms with Gasteiger partial charge in [0.2, 0.25) is 5.78 Å². The Bertz CT molecular complexity index is 1260. The van der Waals surface area contributed by atoms with Crippen molar-refractivity contribution in [1.29, 1.82) is 5.26 Å². The summed E-state index contributed by atoms with van der Waals surface area (Å²) in [5.41, 5.74) is 2.46. The number of hydrogen-bond donors (Lipinski definition) is 0. The molecule has 4 rings (SSSR count). The number of Topliss-reactive ketones (excluding diaryl/α,β-unsaturated/α-hetero) is 1. The number of fused-ring (bicyclic) bond motifs is 1. The van der Waals surface area contributed by atoms with Crippen LogP contribution in [-0.2, 0) is 16.1 Å². The van der Waals surface area contributed by atoms with Gasteiger partial charge in [0.1, 0.15) is 18.4 Å². The molecule has 0 aliphatic carbocycles. The molecule has 3 aromatic rings. The van der Waals surface area contributed by atoms with Crippen molar-refractivity contribution in [2.24, 2.45) is 0 Å². The number of aryl methyl sites for hydroxylation is 1. The van der Waals surface area contributed by atoms with Crippen LogP contribution < -0.4 is 14.2 Å². The van der Waals surface area contributed by atoms with Crippen molar-refractivity contribution in [3.8, 4) is 23.3 Å². The minimum absolute atomic E-state index is 0.200. The van der Waals surface area contributed by atoms with E-state index in [1.54, 1.807) is 30.3 Å². The summed E-state index contributed by atoms with van der Waals surface area (Å²) in [7, 11) is 0. The third-order valence-electron chi connectivity index (χ3n) is 5.55. The van der Waals surface area contributed by atoms with Gasteiger partial charge in [0.05, 0.1) is 12.1 Å². The quantitative estimate of drug-likeness (QED) is 0.374. The number of ether oxygens (including phenoxy) is 4. The fraction of sp³-hybridized carbons (Fsp3) is 0.269. The van der Waals surface area contributed by atoms with Gasteiger partial charge >= 0.3 is 5.97 Å². The van der Waals surface area contributed by atoms with E-state index in [0.717, 1.165) is 17.1 Å². The zero-order valence-electron chi connectivity index (χ0n) is 18.9. The maximum atomic E-state index is 12.7. The van der Waals surface area contributed by atoms with E-state index in [0.29, 0.717) is 30.0 Å². The van der Waals surface area contributed by atoms with Crippen LogP contribution in [0.1, 0.15) is 27.3 Å². The summed E-state index contributed by atoms with van der Waals surface area (Å²) in [6, 6.07) is 17.9. The number of hydrogen-bond acceptors (Lipinski definition) is 7. The molecule has 2 aromatic carbocycles. The Morgan fingerprint density at radius 2 is 1.82 bits per heavy atom. The fourth-order valence-electron chi connectivity index (χ4n) is 3.81. The minimum atomic E-state index is -0.693. The average molecular weight is 460 g/mol. The predicted molar refractivity (Wildman–Crippen MR) is 122 cm³/mol. The van der Waals surface area contributed by atoms with Crippen LogP contribution in [0, 0.1) is 25.2 Å². The Kier molecular flexibility index (Phi) is 6.83. The van der Waals surface area contributed by atoms with Gasteiger partial charge in [-0.3, -0.25) is 4.79 Å². The SMILES string of the molecule is Cc1cc(C(=O)COC(=O)COc2ccccc2C#N)c(C)n1CC1COc2ccccc2O1. The van der Waals surface area contributed by atoms with E-state index >= 15 is 0 Å². The molecule has 1 aromatic heterocycles. The molecule has 1 atom stereocenters. The molecule has 0 bridgehead atoms. The molecule has 1 unspecified atom stereocenters. The van der Waals surface area contributed by atoms with Crippen molar-refractivity contribution in [3.05, 3.63) is 77.1 Å². The van der Waals surface area contributed by atoms with E-state index in [9.17, 15) is 9.59 Å². The van der Waals surface area contributed by atoms with Gasteiger partial charge in [-0.2, -0.15) is 5.26 Å². The fourth-order valence-corrected chi connectivity index (χ4v) is 3.81. The Balaban J connectivity index is 1.33. The lowest BCUT2D eigenvalue weighted by Crippen LogP contribution is -2.33. The first-order valence-electron chi connectivity index (χ1n) is 10.8. The number of esters is 1. The van der Waals surface area contributed by atoms with Crippen LogP contribution in [0.5, 0.6) is 17.2 Å². The van der Waals surface area contributed by atoms with Gasteiger partial charge in [-0.1, -0.05) is 24.3 Å². The van der Waals surface area contributed by atoms with Crippen LogP contribution in [0.25, 0.3) is 0 Å². The molecule has 1 aliphatic heterocycles. The maximum absolute atomic E-state index is 12.7. The second kappa shape index (κ2) is 10.1. The summed E-state index contributed by atoms with van der Waals surface area (Å²) >= 11 is 0. The van der Waals surface area contributed by atoms with Gasteiger partial charge in [-0.15, -0.1) is 0 Å². The number of para-hydroxylation sites is 3. The van der Waals surface area contributed by atoms with E-state index in [-0.39, 0.29) is 17.6 Å². The van der Waals surface area contributed by atoms with Gasteiger partial charge in [0, 0.05) is 17.0 Å². The molecule has 8 nitrogen and oxygen atoms in total. The molecular weight excluding hydrogens is 436 g/mol. The van der Waals surface area contributed by atoms with Crippen molar-refractivity contribution in [3.63, 3.8) is 0 Å². The summed E-state index contributed by atoms with van der Waals surface area (Å²) in [4.78, 5) is 24.8. The monoisotopic (exact) mass is 460 g/mol. The highest BCUT2D eigenvalue weighted by atomic mass is 16.6. The van der Waals surface area contributed by atoms with Gasteiger partial charge < -0.3 is 23.5 Å². The normalized spacial score (nSPS) is 14.2. The van der Waals surface area contributed by atoms with Gasteiger partial charge in [-0.25, -0.2) is 4.79 Å². The van der Waals surface area contributed by atoms with E-state index in [4.69, 9.17) is 24.2 Å². The summed E-state index contributed by atoms with van der Waals surface area (Å²) in [5.74, 6) is 0.701. The number of aromatic nitrogens is 1. The molecular formula is C26H24N2O6. The molecule has 0 amide bonds. The molecule has 0 radical (unpaired) electrons.